The molecule has 0 fully saturated rings. The second-order valence-corrected chi connectivity index (χ2v) is 2.65. The highest BCUT2D eigenvalue weighted by atomic mass is 19.1. The molecule has 4 heteroatoms. The van der Waals surface area contributed by atoms with Crippen molar-refractivity contribution in [2.45, 2.75) is 6.42 Å². The van der Waals surface area contributed by atoms with Crippen LogP contribution in [0.25, 0.3) is 11.5 Å². The van der Waals surface area contributed by atoms with Gasteiger partial charge in [-0.25, -0.2) is 9.38 Å². The number of nitriles is 1. The van der Waals surface area contributed by atoms with Crippen LogP contribution in [0.15, 0.2) is 17.3 Å². The van der Waals surface area contributed by atoms with E-state index < -0.39 is 0 Å². The first kappa shape index (κ1) is 7.74. The smallest absolute Gasteiger partial charge is 0.164 e. The zero-order valence-corrected chi connectivity index (χ0v) is 6.71. The van der Waals surface area contributed by atoms with Gasteiger partial charge in [-0.1, -0.05) is 0 Å². The predicted octanol–water partition coefficient (Wildman–Crippen LogP) is 0.199. The molecule has 0 saturated heterocycles. The van der Waals surface area contributed by atoms with Gasteiger partial charge in [0.15, 0.2) is 5.70 Å². The second-order valence-electron chi connectivity index (χ2n) is 2.65. The Morgan fingerprint density at radius 1 is 1.62 bits per heavy atom. The zero-order chi connectivity index (χ0) is 9.26. The van der Waals surface area contributed by atoms with E-state index in [9.17, 15) is 4.39 Å². The van der Waals surface area contributed by atoms with Crippen LogP contribution >= 0.6 is 0 Å². The number of aromatic amines is 1. The first-order valence-corrected chi connectivity index (χ1v) is 3.82. The maximum atomic E-state index is 13.3. The van der Waals surface area contributed by atoms with Gasteiger partial charge < -0.3 is 4.98 Å². The van der Waals surface area contributed by atoms with E-state index in [1.165, 1.54) is 6.21 Å². The molecule has 1 aromatic rings. The molecule has 0 bridgehead atoms. The minimum Gasteiger partial charge on any atom is -0.359 e. The summed E-state index contributed by atoms with van der Waals surface area (Å²) in [5, 5.41) is 9.62. The normalized spacial score (nSPS) is 15.1. The van der Waals surface area contributed by atoms with Gasteiger partial charge in [-0.2, -0.15) is 5.26 Å². The topological polar surface area (TPSA) is 51.9 Å². The molecule has 0 atom stereocenters. The molecule has 0 aliphatic carbocycles. The van der Waals surface area contributed by atoms with Crippen LogP contribution in [-0.2, 0) is 0 Å². The molecule has 1 aliphatic rings. The van der Waals surface area contributed by atoms with E-state index in [0.717, 1.165) is 0 Å². The average molecular weight is 175 g/mol. The summed E-state index contributed by atoms with van der Waals surface area (Å²) in [5.41, 5.74) is 0.229. The first-order chi connectivity index (χ1) is 6.33. The molecular formula is C9H6FN3. The molecule has 2 heterocycles. The molecule has 3 nitrogen and oxygen atoms in total. The van der Waals surface area contributed by atoms with E-state index in [1.807, 2.05) is 6.07 Å². The van der Waals surface area contributed by atoms with Crippen LogP contribution in [0.3, 0.4) is 0 Å². The molecular weight excluding hydrogens is 169 g/mol. The lowest BCUT2D eigenvalue weighted by Crippen LogP contribution is -2.25. The largest absolute Gasteiger partial charge is 0.359 e. The summed E-state index contributed by atoms with van der Waals surface area (Å²) in [6.45, 7) is 0. The van der Waals surface area contributed by atoms with Crippen LogP contribution in [-0.4, -0.2) is 11.2 Å². The van der Waals surface area contributed by atoms with Crippen molar-refractivity contribution in [3.05, 3.63) is 22.8 Å². The summed E-state index contributed by atoms with van der Waals surface area (Å²) in [7, 11) is 0. The molecule has 13 heavy (non-hydrogen) atoms. The summed E-state index contributed by atoms with van der Waals surface area (Å²) in [6, 6.07) is 3.52. The number of nitrogens with zero attached hydrogens (tertiary/aromatic N) is 2. The number of H-pyrrole nitrogens is 1. The van der Waals surface area contributed by atoms with Gasteiger partial charge in [0.05, 0.1) is 5.35 Å². The summed E-state index contributed by atoms with van der Waals surface area (Å²) in [5.74, 6) is -0.259. The van der Waals surface area contributed by atoms with Crippen molar-refractivity contribution < 1.29 is 4.39 Å². The molecule has 2 rings (SSSR count). The first-order valence-electron chi connectivity index (χ1n) is 3.82. The average Bonchev–Trinajstić information content (AvgIpc) is 2.55. The second kappa shape index (κ2) is 2.87. The molecule has 64 valence electrons. The van der Waals surface area contributed by atoms with Crippen LogP contribution in [0.5, 0.6) is 0 Å². The minimum atomic E-state index is -0.259. The Balaban J connectivity index is 2.97. The third-order valence-electron chi connectivity index (χ3n) is 1.87. The Morgan fingerprint density at radius 2 is 2.46 bits per heavy atom. The fourth-order valence-corrected chi connectivity index (χ4v) is 1.27. The van der Waals surface area contributed by atoms with Crippen molar-refractivity contribution in [1.82, 2.24) is 4.98 Å². The number of aliphatic imine (C=N–C) groups is 1. The number of hydrogen-bond donors (Lipinski definition) is 1. The molecule has 0 saturated carbocycles. The van der Waals surface area contributed by atoms with Gasteiger partial charge in [0.1, 0.15) is 11.9 Å². The fourth-order valence-electron chi connectivity index (χ4n) is 1.27. The summed E-state index contributed by atoms with van der Waals surface area (Å²) in [4.78, 5) is 6.64. The van der Waals surface area contributed by atoms with Crippen LogP contribution in [0.1, 0.15) is 6.42 Å². The van der Waals surface area contributed by atoms with Crippen LogP contribution in [0, 0.1) is 11.3 Å². The Kier molecular flexibility index (Phi) is 1.71. The van der Waals surface area contributed by atoms with Crippen molar-refractivity contribution >= 4 is 17.7 Å². The highest BCUT2D eigenvalue weighted by molar-refractivity contribution is 5.77. The van der Waals surface area contributed by atoms with Crippen molar-refractivity contribution in [1.29, 1.82) is 5.26 Å². The number of halogens is 1. The van der Waals surface area contributed by atoms with Gasteiger partial charge in [0.25, 0.3) is 0 Å². The van der Waals surface area contributed by atoms with Gasteiger partial charge in [-0.05, 0) is 6.07 Å². The summed E-state index contributed by atoms with van der Waals surface area (Å²) in [6.07, 6.45) is 3.15. The lowest BCUT2D eigenvalue weighted by molar-refractivity contribution is 0.730. The number of fused-ring (bicyclic) bond motifs is 1. The minimum absolute atomic E-state index is 0.149. The Morgan fingerprint density at radius 3 is 3.23 bits per heavy atom. The van der Waals surface area contributed by atoms with Gasteiger partial charge >= 0.3 is 0 Å². The van der Waals surface area contributed by atoms with Gasteiger partial charge in [0.2, 0.25) is 0 Å². The van der Waals surface area contributed by atoms with Crippen LogP contribution < -0.4 is 10.6 Å². The standard InChI is InChI=1S/C9H6FN3/c10-7-2-4-12-8(5-11)9-6(7)1-3-13-9/h1,3-4,13H,2H2. The lowest BCUT2D eigenvalue weighted by Gasteiger charge is -1.83. The van der Waals surface area contributed by atoms with Crippen LogP contribution in [0.2, 0.25) is 0 Å². The molecule has 1 N–H and O–H groups in total. The van der Waals surface area contributed by atoms with Gasteiger partial charge in [-0.15, -0.1) is 0 Å². The highest BCUT2D eigenvalue weighted by Gasteiger charge is 2.05. The fraction of sp³-hybridized carbons (Fsp3) is 0.111. The molecule has 0 unspecified atom stereocenters. The third-order valence-corrected chi connectivity index (χ3v) is 1.87. The monoisotopic (exact) mass is 175 g/mol. The quantitative estimate of drug-likeness (QED) is 0.601. The molecule has 0 spiro atoms. The number of hydrogen-bond acceptors (Lipinski definition) is 2. The van der Waals surface area contributed by atoms with E-state index in [0.29, 0.717) is 10.6 Å². The predicted molar refractivity (Wildman–Crippen MR) is 46.7 cm³/mol. The van der Waals surface area contributed by atoms with Gasteiger partial charge in [0, 0.05) is 24.1 Å². The highest BCUT2D eigenvalue weighted by Crippen LogP contribution is 2.02. The van der Waals surface area contributed by atoms with Crippen molar-refractivity contribution in [3.8, 4) is 6.07 Å². The third kappa shape index (κ3) is 1.14. The maximum absolute atomic E-state index is 13.3. The lowest BCUT2D eigenvalue weighted by atomic mass is 10.3. The Labute approximate surface area is 73.5 Å². The van der Waals surface area contributed by atoms with Crippen LogP contribution in [0.4, 0.5) is 4.39 Å². The van der Waals surface area contributed by atoms with E-state index in [-0.39, 0.29) is 17.9 Å². The maximum Gasteiger partial charge on any atom is 0.164 e. The number of aromatic nitrogens is 1. The van der Waals surface area contributed by atoms with Crippen molar-refractivity contribution in [2.75, 3.05) is 0 Å². The van der Waals surface area contributed by atoms with E-state index >= 15 is 0 Å². The molecule has 1 aromatic heterocycles. The SMILES string of the molecule is N#CC1=c2[nH]ccc2=C(F)CC=N1. The molecule has 0 radical (unpaired) electrons. The van der Waals surface area contributed by atoms with Crippen molar-refractivity contribution in [2.24, 2.45) is 4.99 Å². The molecule has 1 aliphatic heterocycles. The number of rotatable bonds is 0. The Bertz CT molecular complexity index is 516. The van der Waals surface area contributed by atoms with E-state index in [4.69, 9.17) is 5.26 Å². The Hall–Kier alpha value is -1.89. The van der Waals surface area contributed by atoms with Gasteiger partial charge in [-0.3, -0.25) is 0 Å². The van der Waals surface area contributed by atoms with E-state index in [1.54, 1.807) is 12.3 Å². The zero-order valence-electron chi connectivity index (χ0n) is 6.71. The molecule has 0 aromatic carbocycles. The molecule has 0 amide bonds. The summed E-state index contributed by atoms with van der Waals surface area (Å²) < 4.78 is 13.3. The summed E-state index contributed by atoms with van der Waals surface area (Å²) >= 11 is 0. The van der Waals surface area contributed by atoms with E-state index in [2.05, 4.69) is 9.98 Å². The van der Waals surface area contributed by atoms with Crippen molar-refractivity contribution in [3.63, 3.8) is 0 Å². The number of nitrogens with one attached hydrogen (secondary N) is 1.